The second-order valence-corrected chi connectivity index (χ2v) is 8.17. The highest BCUT2D eigenvalue weighted by molar-refractivity contribution is 7.89. The third-order valence-electron chi connectivity index (χ3n) is 3.75. The van der Waals surface area contributed by atoms with Gasteiger partial charge < -0.3 is 4.74 Å². The Balaban J connectivity index is 1.80. The Morgan fingerprint density at radius 1 is 1.20 bits per heavy atom. The van der Waals surface area contributed by atoms with Gasteiger partial charge in [0.15, 0.2) is 0 Å². The highest BCUT2D eigenvalue weighted by Gasteiger charge is 2.17. The van der Waals surface area contributed by atoms with E-state index >= 15 is 0 Å². The summed E-state index contributed by atoms with van der Waals surface area (Å²) in [5.41, 5.74) is 2.36. The van der Waals surface area contributed by atoms with Crippen LogP contribution in [0.3, 0.4) is 0 Å². The van der Waals surface area contributed by atoms with Gasteiger partial charge in [-0.15, -0.1) is 11.3 Å². The molecule has 2 aromatic heterocycles. The fraction of sp³-hybridized carbons (Fsp3) is 0.167. The zero-order chi connectivity index (χ0) is 17.9. The summed E-state index contributed by atoms with van der Waals surface area (Å²) in [5.74, 6) is 0.509. The van der Waals surface area contributed by atoms with Crippen molar-refractivity contribution in [2.45, 2.75) is 18.4 Å². The minimum atomic E-state index is -3.64. The van der Waals surface area contributed by atoms with Gasteiger partial charge >= 0.3 is 0 Å². The number of nitrogens with one attached hydrogen (secondary N) is 1. The molecular formula is C18H18N2O3S2. The zero-order valence-corrected chi connectivity index (χ0v) is 15.5. The maximum Gasteiger partial charge on any atom is 0.241 e. The minimum Gasteiger partial charge on any atom is -0.497 e. The van der Waals surface area contributed by atoms with Crippen LogP contribution in [-0.2, 0) is 16.6 Å². The molecule has 1 N–H and O–H groups in total. The molecule has 2 heterocycles. The van der Waals surface area contributed by atoms with Crippen molar-refractivity contribution >= 4 is 21.4 Å². The van der Waals surface area contributed by atoms with Crippen LogP contribution in [0.5, 0.6) is 5.75 Å². The first-order chi connectivity index (χ1) is 12.0. The van der Waals surface area contributed by atoms with Gasteiger partial charge in [0, 0.05) is 18.8 Å². The smallest absolute Gasteiger partial charge is 0.241 e. The van der Waals surface area contributed by atoms with Gasteiger partial charge in [-0.2, -0.15) is 0 Å². The fourth-order valence-electron chi connectivity index (χ4n) is 2.40. The molecule has 5 nitrogen and oxygen atoms in total. The number of aryl methyl sites for hydroxylation is 1. The summed E-state index contributed by atoms with van der Waals surface area (Å²) in [6.07, 6.45) is 1.69. The molecule has 0 atom stereocenters. The standard InChI is InChI=1S/C18H18N2O3S2/c1-13-5-6-15(23-2)11-18(13)25(21,22)20-12-14-7-8-19-16(10-14)17-4-3-9-24-17/h3-11,20H,12H2,1-2H3. The first-order valence-corrected chi connectivity index (χ1v) is 9.99. The molecule has 0 radical (unpaired) electrons. The van der Waals surface area contributed by atoms with Crippen molar-refractivity contribution in [2.75, 3.05) is 7.11 Å². The van der Waals surface area contributed by atoms with E-state index in [1.807, 2.05) is 23.6 Å². The van der Waals surface area contributed by atoms with Crippen molar-refractivity contribution in [3.8, 4) is 16.3 Å². The lowest BCUT2D eigenvalue weighted by Crippen LogP contribution is -2.24. The molecule has 1 aromatic carbocycles. The average molecular weight is 374 g/mol. The SMILES string of the molecule is COc1ccc(C)c(S(=O)(=O)NCc2ccnc(-c3cccs3)c2)c1. The van der Waals surface area contributed by atoms with Crippen LogP contribution in [0.25, 0.3) is 10.6 Å². The van der Waals surface area contributed by atoms with E-state index < -0.39 is 10.0 Å². The molecule has 0 amide bonds. The maximum absolute atomic E-state index is 12.6. The number of rotatable bonds is 6. The average Bonchev–Trinajstić information content (AvgIpc) is 3.15. The molecule has 0 spiro atoms. The number of hydrogen-bond acceptors (Lipinski definition) is 5. The van der Waals surface area contributed by atoms with E-state index in [-0.39, 0.29) is 11.4 Å². The van der Waals surface area contributed by atoms with Crippen LogP contribution in [0.1, 0.15) is 11.1 Å². The van der Waals surface area contributed by atoms with E-state index in [1.54, 1.807) is 42.7 Å². The number of nitrogens with zero attached hydrogens (tertiary/aromatic N) is 1. The normalized spacial score (nSPS) is 11.4. The largest absolute Gasteiger partial charge is 0.497 e. The van der Waals surface area contributed by atoms with Crippen molar-refractivity contribution in [1.82, 2.24) is 9.71 Å². The number of hydrogen-bond donors (Lipinski definition) is 1. The predicted molar refractivity (Wildman–Crippen MR) is 99.3 cm³/mol. The molecule has 0 bridgehead atoms. The maximum atomic E-state index is 12.6. The fourth-order valence-corrected chi connectivity index (χ4v) is 4.36. The number of thiophene rings is 1. The minimum absolute atomic E-state index is 0.194. The number of ether oxygens (including phenoxy) is 1. The molecule has 130 valence electrons. The van der Waals surface area contributed by atoms with Crippen molar-refractivity contribution in [1.29, 1.82) is 0 Å². The van der Waals surface area contributed by atoms with Gasteiger partial charge in [0.2, 0.25) is 10.0 Å². The lowest BCUT2D eigenvalue weighted by molar-refractivity contribution is 0.413. The van der Waals surface area contributed by atoms with Crippen molar-refractivity contribution < 1.29 is 13.2 Å². The molecule has 3 aromatic rings. The summed E-state index contributed by atoms with van der Waals surface area (Å²) in [4.78, 5) is 5.61. The number of aromatic nitrogens is 1. The lowest BCUT2D eigenvalue weighted by atomic mass is 10.2. The van der Waals surface area contributed by atoms with Gasteiger partial charge in [-0.25, -0.2) is 13.1 Å². The topological polar surface area (TPSA) is 68.3 Å². The van der Waals surface area contributed by atoms with Crippen LogP contribution in [0, 0.1) is 6.92 Å². The van der Waals surface area contributed by atoms with Crippen LogP contribution in [-0.4, -0.2) is 20.5 Å². The Morgan fingerprint density at radius 3 is 2.76 bits per heavy atom. The van der Waals surface area contributed by atoms with Crippen LogP contribution in [0.15, 0.2) is 58.9 Å². The van der Waals surface area contributed by atoms with Crippen LogP contribution >= 0.6 is 11.3 Å². The summed E-state index contributed by atoms with van der Waals surface area (Å²) in [6.45, 7) is 1.95. The summed E-state index contributed by atoms with van der Waals surface area (Å²) >= 11 is 1.60. The lowest BCUT2D eigenvalue weighted by Gasteiger charge is -2.11. The quantitative estimate of drug-likeness (QED) is 0.716. The van der Waals surface area contributed by atoms with Gasteiger partial charge in [-0.1, -0.05) is 12.1 Å². The number of sulfonamides is 1. The second-order valence-electron chi connectivity index (χ2n) is 5.48. The third kappa shape index (κ3) is 4.07. The molecule has 0 fully saturated rings. The number of benzene rings is 1. The summed E-state index contributed by atoms with van der Waals surface area (Å²) < 4.78 is 33.0. The van der Waals surface area contributed by atoms with Gasteiger partial charge in [0.05, 0.1) is 22.6 Å². The van der Waals surface area contributed by atoms with Gasteiger partial charge in [-0.3, -0.25) is 4.98 Å². The Bertz CT molecular complexity index is 968. The molecule has 0 saturated carbocycles. The molecule has 0 saturated heterocycles. The van der Waals surface area contributed by atoms with Crippen molar-refractivity contribution in [2.24, 2.45) is 0 Å². The Kier molecular flexibility index (Phi) is 5.17. The Hall–Kier alpha value is -2.22. The van der Waals surface area contributed by atoms with Crippen LogP contribution < -0.4 is 9.46 Å². The van der Waals surface area contributed by atoms with E-state index in [4.69, 9.17) is 4.74 Å². The van der Waals surface area contributed by atoms with Crippen LogP contribution in [0.4, 0.5) is 0 Å². The summed E-state index contributed by atoms with van der Waals surface area (Å²) in [5, 5.41) is 1.98. The van der Waals surface area contributed by atoms with Crippen molar-refractivity contribution in [3.63, 3.8) is 0 Å². The van der Waals surface area contributed by atoms with Crippen molar-refractivity contribution in [3.05, 3.63) is 65.2 Å². The van der Waals surface area contributed by atoms with Crippen LogP contribution in [0.2, 0.25) is 0 Å². The van der Waals surface area contributed by atoms with E-state index in [0.29, 0.717) is 11.3 Å². The number of pyridine rings is 1. The molecular weight excluding hydrogens is 356 g/mol. The first kappa shape index (κ1) is 17.6. The number of methoxy groups -OCH3 is 1. The Labute approximate surface area is 151 Å². The van der Waals surface area contributed by atoms with Gasteiger partial charge in [0.1, 0.15) is 5.75 Å². The second kappa shape index (κ2) is 7.35. The molecule has 25 heavy (non-hydrogen) atoms. The molecule has 0 aliphatic heterocycles. The molecule has 0 aliphatic rings. The van der Waals surface area contributed by atoms with E-state index in [1.165, 1.54) is 13.2 Å². The monoisotopic (exact) mass is 374 g/mol. The summed E-state index contributed by atoms with van der Waals surface area (Å²) in [6, 6.07) is 12.6. The highest BCUT2D eigenvalue weighted by Crippen LogP contribution is 2.24. The molecule has 0 unspecified atom stereocenters. The summed E-state index contributed by atoms with van der Waals surface area (Å²) in [7, 11) is -2.12. The van der Waals surface area contributed by atoms with Gasteiger partial charge in [-0.05, 0) is 47.7 Å². The third-order valence-corrected chi connectivity index (χ3v) is 6.18. The van der Waals surface area contributed by atoms with E-state index in [9.17, 15) is 8.42 Å². The Morgan fingerprint density at radius 2 is 2.04 bits per heavy atom. The first-order valence-electron chi connectivity index (χ1n) is 7.63. The predicted octanol–water partition coefficient (Wildman–Crippen LogP) is 3.61. The van der Waals surface area contributed by atoms with E-state index in [2.05, 4.69) is 9.71 Å². The van der Waals surface area contributed by atoms with E-state index in [0.717, 1.165) is 16.1 Å². The zero-order valence-electron chi connectivity index (χ0n) is 13.9. The molecule has 0 aliphatic carbocycles. The highest BCUT2D eigenvalue weighted by atomic mass is 32.2. The van der Waals surface area contributed by atoms with Gasteiger partial charge in [0.25, 0.3) is 0 Å². The molecule has 7 heteroatoms. The molecule has 3 rings (SSSR count).